The zero-order valence-corrected chi connectivity index (χ0v) is 17.8. The van der Waals surface area contributed by atoms with Crippen molar-refractivity contribution in [2.45, 2.75) is 19.6 Å². The van der Waals surface area contributed by atoms with Crippen molar-refractivity contribution in [3.05, 3.63) is 34.1 Å². The first kappa shape index (κ1) is 21.6. The number of hydrogen-bond acceptors (Lipinski definition) is 3. The highest BCUT2D eigenvalue weighted by molar-refractivity contribution is 14.0. The Morgan fingerprint density at radius 1 is 1.54 bits per heavy atom. The molecule has 1 unspecified atom stereocenters. The number of hydrogen-bond donors (Lipinski definition) is 1. The van der Waals surface area contributed by atoms with Crippen LogP contribution in [0.2, 0.25) is 0 Å². The number of rotatable bonds is 5. The van der Waals surface area contributed by atoms with Gasteiger partial charge in [0.15, 0.2) is 5.96 Å². The third kappa shape index (κ3) is 6.45. The molecular formula is C16H24BrFIN3O2. The zero-order valence-electron chi connectivity index (χ0n) is 13.9. The molecule has 5 nitrogen and oxygen atoms in total. The summed E-state index contributed by atoms with van der Waals surface area (Å²) in [6.45, 7) is 5.91. The number of methoxy groups -OCH3 is 1. The summed E-state index contributed by atoms with van der Waals surface area (Å²) in [7, 11) is 1.67. The van der Waals surface area contributed by atoms with E-state index in [-0.39, 0.29) is 35.9 Å². The van der Waals surface area contributed by atoms with Crippen molar-refractivity contribution in [1.29, 1.82) is 0 Å². The minimum atomic E-state index is -0.255. The van der Waals surface area contributed by atoms with E-state index in [9.17, 15) is 4.39 Å². The lowest BCUT2D eigenvalue weighted by molar-refractivity contribution is -0.0447. The zero-order chi connectivity index (χ0) is 16.7. The SMILES string of the molecule is CCNC(=NCc1cc(F)ccc1Br)N1CCOC(COC)C1.I. The Hall–Kier alpha value is -0.450. The largest absolute Gasteiger partial charge is 0.382 e. The maximum absolute atomic E-state index is 13.4. The molecule has 1 N–H and O–H groups in total. The number of benzene rings is 1. The fraction of sp³-hybridized carbons (Fsp3) is 0.562. The second-order valence-electron chi connectivity index (χ2n) is 5.30. The topological polar surface area (TPSA) is 46.1 Å². The quantitative estimate of drug-likeness (QED) is 0.372. The van der Waals surface area contributed by atoms with Crippen molar-refractivity contribution in [3.63, 3.8) is 0 Å². The first-order valence-electron chi connectivity index (χ1n) is 7.71. The Morgan fingerprint density at radius 2 is 2.33 bits per heavy atom. The van der Waals surface area contributed by atoms with Crippen molar-refractivity contribution in [1.82, 2.24) is 10.2 Å². The predicted molar refractivity (Wildman–Crippen MR) is 108 cm³/mol. The van der Waals surface area contributed by atoms with Crippen molar-refractivity contribution in [2.75, 3.05) is 40.0 Å². The van der Waals surface area contributed by atoms with Crippen LogP contribution in [0.4, 0.5) is 4.39 Å². The maximum atomic E-state index is 13.4. The lowest BCUT2D eigenvalue weighted by Gasteiger charge is -2.34. The van der Waals surface area contributed by atoms with Gasteiger partial charge in [-0.05, 0) is 30.7 Å². The molecule has 0 amide bonds. The van der Waals surface area contributed by atoms with Gasteiger partial charge in [-0.3, -0.25) is 0 Å². The average Bonchev–Trinajstić information content (AvgIpc) is 2.55. The summed E-state index contributed by atoms with van der Waals surface area (Å²) in [5.41, 5.74) is 0.821. The number of halogens is 3. The van der Waals surface area contributed by atoms with Gasteiger partial charge in [0, 0.05) is 31.2 Å². The van der Waals surface area contributed by atoms with Crippen LogP contribution in [-0.4, -0.2) is 56.9 Å². The molecule has 2 rings (SSSR count). The van der Waals surface area contributed by atoms with Gasteiger partial charge in [0.2, 0.25) is 0 Å². The smallest absolute Gasteiger partial charge is 0.194 e. The minimum Gasteiger partial charge on any atom is -0.382 e. The molecular weight excluding hydrogens is 492 g/mol. The van der Waals surface area contributed by atoms with Crippen LogP contribution >= 0.6 is 39.9 Å². The second kappa shape index (κ2) is 11.2. The number of nitrogens with one attached hydrogen (secondary N) is 1. The van der Waals surface area contributed by atoms with Crippen LogP contribution in [0.25, 0.3) is 0 Å². The lowest BCUT2D eigenvalue weighted by atomic mass is 10.2. The second-order valence-corrected chi connectivity index (χ2v) is 6.15. The third-order valence-electron chi connectivity index (χ3n) is 3.53. The van der Waals surface area contributed by atoms with Gasteiger partial charge in [0.05, 0.1) is 25.9 Å². The highest BCUT2D eigenvalue weighted by Crippen LogP contribution is 2.19. The first-order valence-corrected chi connectivity index (χ1v) is 8.51. The average molecular weight is 516 g/mol. The van der Waals surface area contributed by atoms with Crippen LogP contribution in [0.1, 0.15) is 12.5 Å². The molecule has 1 atom stereocenters. The molecule has 1 fully saturated rings. The standard InChI is InChI=1S/C16H23BrFN3O2.HI/c1-3-19-16(21-6-7-23-14(10-21)11-22-2)20-9-12-8-13(18)4-5-15(12)17;/h4-5,8,14H,3,6-7,9-11H2,1-2H3,(H,19,20);1H. The van der Waals surface area contributed by atoms with Gasteiger partial charge in [-0.25, -0.2) is 9.38 Å². The van der Waals surface area contributed by atoms with Crippen molar-refractivity contribution >= 4 is 45.9 Å². The molecule has 1 aliphatic rings. The molecule has 1 aromatic carbocycles. The fourth-order valence-corrected chi connectivity index (χ4v) is 2.82. The molecule has 1 heterocycles. The van der Waals surface area contributed by atoms with Crippen molar-refractivity contribution < 1.29 is 13.9 Å². The van der Waals surface area contributed by atoms with Crippen LogP contribution < -0.4 is 5.32 Å². The fourth-order valence-electron chi connectivity index (χ4n) is 2.45. The molecule has 1 aliphatic heterocycles. The van der Waals surface area contributed by atoms with Gasteiger partial charge < -0.3 is 19.7 Å². The predicted octanol–water partition coefficient (Wildman–Crippen LogP) is 3.02. The summed E-state index contributed by atoms with van der Waals surface area (Å²) < 4.78 is 25.1. The van der Waals surface area contributed by atoms with E-state index in [1.165, 1.54) is 12.1 Å². The molecule has 1 aromatic rings. The lowest BCUT2D eigenvalue weighted by Crippen LogP contribution is -2.51. The Morgan fingerprint density at radius 3 is 3.04 bits per heavy atom. The van der Waals surface area contributed by atoms with E-state index in [2.05, 4.69) is 31.1 Å². The Bertz CT molecular complexity index is 546. The summed E-state index contributed by atoms with van der Waals surface area (Å²) in [6.07, 6.45) is 0.0403. The molecule has 0 aromatic heterocycles. The van der Waals surface area contributed by atoms with Crippen LogP contribution in [0, 0.1) is 5.82 Å². The van der Waals surface area contributed by atoms with Crippen LogP contribution in [0.15, 0.2) is 27.7 Å². The molecule has 0 saturated carbocycles. The normalized spacial score (nSPS) is 18.2. The molecule has 0 spiro atoms. The number of guanidine groups is 1. The summed E-state index contributed by atoms with van der Waals surface area (Å²) in [4.78, 5) is 6.80. The molecule has 0 bridgehead atoms. The molecule has 8 heteroatoms. The molecule has 136 valence electrons. The Balaban J connectivity index is 0.00000288. The molecule has 1 saturated heterocycles. The van der Waals surface area contributed by atoms with E-state index in [1.807, 2.05) is 6.92 Å². The van der Waals surface area contributed by atoms with E-state index >= 15 is 0 Å². The van der Waals surface area contributed by atoms with E-state index < -0.39 is 0 Å². The van der Waals surface area contributed by atoms with Crippen LogP contribution in [0.3, 0.4) is 0 Å². The monoisotopic (exact) mass is 515 g/mol. The van der Waals surface area contributed by atoms with E-state index in [0.29, 0.717) is 19.8 Å². The van der Waals surface area contributed by atoms with Gasteiger partial charge in [0.25, 0.3) is 0 Å². The van der Waals surface area contributed by atoms with Crippen LogP contribution in [0.5, 0.6) is 0 Å². The summed E-state index contributed by atoms with van der Waals surface area (Å²) in [5, 5.41) is 3.29. The van der Waals surface area contributed by atoms with Gasteiger partial charge in [-0.1, -0.05) is 15.9 Å². The summed E-state index contributed by atoms with van der Waals surface area (Å²) in [5.74, 6) is 0.558. The van der Waals surface area contributed by atoms with Gasteiger partial charge >= 0.3 is 0 Å². The molecule has 0 radical (unpaired) electrons. The molecule has 0 aliphatic carbocycles. The van der Waals surface area contributed by atoms with Crippen LogP contribution in [-0.2, 0) is 16.0 Å². The van der Waals surface area contributed by atoms with Gasteiger partial charge in [0.1, 0.15) is 5.82 Å². The van der Waals surface area contributed by atoms with E-state index in [1.54, 1.807) is 13.2 Å². The van der Waals surface area contributed by atoms with Gasteiger partial charge in [-0.2, -0.15) is 0 Å². The number of nitrogens with zero attached hydrogens (tertiary/aromatic N) is 2. The molecule has 24 heavy (non-hydrogen) atoms. The Kier molecular flexibility index (Phi) is 10.1. The van der Waals surface area contributed by atoms with Crippen molar-refractivity contribution in [3.8, 4) is 0 Å². The third-order valence-corrected chi connectivity index (χ3v) is 4.31. The summed E-state index contributed by atoms with van der Waals surface area (Å²) >= 11 is 3.44. The van der Waals surface area contributed by atoms with E-state index in [4.69, 9.17) is 9.47 Å². The van der Waals surface area contributed by atoms with E-state index in [0.717, 1.165) is 35.6 Å². The highest BCUT2D eigenvalue weighted by Gasteiger charge is 2.22. The number of ether oxygens (including phenoxy) is 2. The Labute approximate surface area is 168 Å². The maximum Gasteiger partial charge on any atom is 0.194 e. The van der Waals surface area contributed by atoms with Gasteiger partial charge in [-0.15, -0.1) is 24.0 Å². The van der Waals surface area contributed by atoms with Crippen molar-refractivity contribution in [2.24, 2.45) is 4.99 Å². The number of aliphatic imine (C=N–C) groups is 1. The highest BCUT2D eigenvalue weighted by atomic mass is 127. The summed E-state index contributed by atoms with van der Waals surface area (Å²) in [6, 6.07) is 4.64. The number of morpholine rings is 1. The minimum absolute atomic E-state index is 0. The first-order chi connectivity index (χ1) is 11.1.